The summed E-state index contributed by atoms with van der Waals surface area (Å²) in [5.41, 5.74) is -0.941. The monoisotopic (exact) mass is 396 g/mol. The molecule has 0 amide bonds. The second-order valence-electron chi connectivity index (χ2n) is 5.81. The second kappa shape index (κ2) is 6.27. The van der Waals surface area contributed by atoms with Crippen LogP contribution >= 0.6 is 22.6 Å². The predicted molar refractivity (Wildman–Crippen MR) is 82.7 cm³/mol. The van der Waals surface area contributed by atoms with E-state index in [1.54, 1.807) is 6.92 Å². The Bertz CT molecular complexity index is 395. The van der Waals surface area contributed by atoms with Crippen molar-refractivity contribution in [3.8, 4) is 0 Å². The van der Waals surface area contributed by atoms with Crippen LogP contribution in [0.15, 0.2) is 0 Å². The minimum absolute atomic E-state index is 0.0488. The van der Waals surface area contributed by atoms with Crippen molar-refractivity contribution >= 4 is 34.3 Å². The van der Waals surface area contributed by atoms with E-state index in [9.17, 15) is 9.59 Å². The number of alkyl halides is 1. The van der Waals surface area contributed by atoms with Gasteiger partial charge in [0.25, 0.3) is 0 Å². The minimum Gasteiger partial charge on any atom is -0.465 e. The van der Waals surface area contributed by atoms with Gasteiger partial charge in [0.15, 0.2) is 11.2 Å². The average Bonchev–Trinajstić information content (AvgIpc) is 2.75. The van der Waals surface area contributed by atoms with Gasteiger partial charge in [0, 0.05) is 6.42 Å². The Kier molecular flexibility index (Phi) is 5.07. The number of nitrogens with zero attached hydrogens (tertiary/aromatic N) is 1. The standard InChI is InChI=1S/C14H23INO4/c1-3-20-13(18)14(11(2)17)8-12(9-15)16(10-14)4-6-19-7-5-16/h12H,3-10H2,1-2H3/q+1. The SMILES string of the molecule is CCOC(=O)C1(C(C)=O)CC(CI)[N+]2(CCOCC2)C1. The molecule has 2 aliphatic heterocycles. The lowest BCUT2D eigenvalue weighted by molar-refractivity contribution is -0.944. The van der Waals surface area contributed by atoms with Crippen molar-refractivity contribution in [2.24, 2.45) is 5.41 Å². The van der Waals surface area contributed by atoms with E-state index in [1.165, 1.54) is 6.92 Å². The van der Waals surface area contributed by atoms with Gasteiger partial charge >= 0.3 is 5.97 Å². The minimum atomic E-state index is -0.941. The lowest BCUT2D eigenvalue weighted by Gasteiger charge is -2.42. The van der Waals surface area contributed by atoms with Crippen molar-refractivity contribution in [3.05, 3.63) is 0 Å². The lowest BCUT2D eigenvalue weighted by atomic mass is 9.82. The zero-order chi connectivity index (χ0) is 14.8. The van der Waals surface area contributed by atoms with E-state index in [0.717, 1.165) is 22.0 Å². The first-order chi connectivity index (χ1) is 9.50. The van der Waals surface area contributed by atoms with Gasteiger partial charge in [-0.15, -0.1) is 0 Å². The Morgan fingerprint density at radius 3 is 2.55 bits per heavy atom. The van der Waals surface area contributed by atoms with Crippen LogP contribution in [0.2, 0.25) is 0 Å². The van der Waals surface area contributed by atoms with Crippen LogP contribution in [0.4, 0.5) is 0 Å². The van der Waals surface area contributed by atoms with Gasteiger partial charge in [0.2, 0.25) is 0 Å². The van der Waals surface area contributed by atoms with Gasteiger partial charge in [-0.2, -0.15) is 0 Å². The Morgan fingerprint density at radius 2 is 2.05 bits per heavy atom. The zero-order valence-electron chi connectivity index (χ0n) is 12.2. The van der Waals surface area contributed by atoms with Crippen molar-refractivity contribution in [1.82, 2.24) is 0 Å². The topological polar surface area (TPSA) is 52.6 Å². The summed E-state index contributed by atoms with van der Waals surface area (Å²) in [6, 6.07) is 0.341. The van der Waals surface area contributed by atoms with Gasteiger partial charge in [-0.25, -0.2) is 0 Å². The molecule has 20 heavy (non-hydrogen) atoms. The maximum absolute atomic E-state index is 12.4. The van der Waals surface area contributed by atoms with E-state index in [2.05, 4.69) is 22.6 Å². The summed E-state index contributed by atoms with van der Waals surface area (Å²) in [7, 11) is 0. The Morgan fingerprint density at radius 1 is 1.40 bits per heavy atom. The van der Waals surface area contributed by atoms with E-state index >= 15 is 0 Å². The third-order valence-electron chi connectivity index (χ3n) is 4.82. The first-order valence-electron chi connectivity index (χ1n) is 7.18. The Hall–Kier alpha value is -0.210. The molecule has 114 valence electrons. The van der Waals surface area contributed by atoms with Gasteiger partial charge in [-0.3, -0.25) is 9.59 Å². The molecule has 0 radical (unpaired) electrons. The molecule has 0 aromatic heterocycles. The van der Waals surface area contributed by atoms with Crippen LogP contribution < -0.4 is 0 Å². The Labute approximate surface area is 133 Å². The average molecular weight is 396 g/mol. The van der Waals surface area contributed by atoms with Gasteiger partial charge < -0.3 is 14.0 Å². The summed E-state index contributed by atoms with van der Waals surface area (Å²) < 4.78 is 12.5. The van der Waals surface area contributed by atoms with Gasteiger partial charge in [0.05, 0.1) is 24.2 Å². The summed E-state index contributed by atoms with van der Waals surface area (Å²) in [6.07, 6.45) is 0.615. The highest BCUT2D eigenvalue weighted by molar-refractivity contribution is 14.1. The van der Waals surface area contributed by atoms with E-state index in [1.807, 2.05) is 0 Å². The number of rotatable bonds is 4. The molecule has 0 saturated carbocycles. The highest BCUT2D eigenvalue weighted by Gasteiger charge is 2.62. The number of carbonyl (C=O) groups is 2. The maximum Gasteiger partial charge on any atom is 0.325 e. The maximum atomic E-state index is 12.4. The molecule has 2 rings (SSSR count). The number of Topliss-reactive ketones (excluding diaryl/α,β-unsaturated/α-hetero) is 1. The van der Waals surface area contributed by atoms with Crippen LogP contribution in [0.25, 0.3) is 0 Å². The summed E-state index contributed by atoms with van der Waals surface area (Å²) in [5.74, 6) is -0.379. The quantitative estimate of drug-likeness (QED) is 0.236. The summed E-state index contributed by atoms with van der Waals surface area (Å²) in [4.78, 5) is 24.6. The van der Waals surface area contributed by atoms with Crippen LogP contribution in [0.1, 0.15) is 20.3 Å². The lowest BCUT2D eigenvalue weighted by Crippen LogP contribution is -2.59. The molecule has 2 aliphatic rings. The fourth-order valence-corrected chi connectivity index (χ4v) is 4.72. The molecule has 2 fully saturated rings. The van der Waals surface area contributed by atoms with Crippen molar-refractivity contribution in [2.75, 3.05) is 43.9 Å². The third-order valence-corrected chi connectivity index (χ3v) is 5.84. The number of hydrogen-bond acceptors (Lipinski definition) is 4. The third kappa shape index (κ3) is 2.62. The number of halogens is 1. The zero-order valence-corrected chi connectivity index (χ0v) is 14.3. The number of quaternary nitrogens is 1. The van der Waals surface area contributed by atoms with Crippen LogP contribution in [0.5, 0.6) is 0 Å². The van der Waals surface area contributed by atoms with Crippen LogP contribution in [0.3, 0.4) is 0 Å². The fraction of sp³-hybridized carbons (Fsp3) is 0.857. The van der Waals surface area contributed by atoms with Crippen LogP contribution in [0, 0.1) is 5.41 Å². The molecule has 6 heteroatoms. The number of carbonyl (C=O) groups excluding carboxylic acids is 2. The van der Waals surface area contributed by atoms with E-state index < -0.39 is 5.41 Å². The molecule has 0 aliphatic carbocycles. The number of ether oxygens (including phenoxy) is 2. The normalized spacial score (nSPS) is 32.2. The highest BCUT2D eigenvalue weighted by atomic mass is 127. The van der Waals surface area contributed by atoms with Gasteiger partial charge in [0.1, 0.15) is 25.7 Å². The van der Waals surface area contributed by atoms with Gasteiger partial charge in [-0.1, -0.05) is 22.6 Å². The Balaban J connectivity index is 2.31. The second-order valence-corrected chi connectivity index (χ2v) is 6.69. The number of morpholine rings is 1. The first kappa shape index (κ1) is 16.2. The number of esters is 1. The molecule has 1 spiro atoms. The van der Waals surface area contributed by atoms with E-state index in [0.29, 0.717) is 38.8 Å². The van der Waals surface area contributed by atoms with Crippen LogP contribution in [-0.2, 0) is 19.1 Å². The largest absolute Gasteiger partial charge is 0.465 e. The molecular formula is C14H23INO4+. The van der Waals surface area contributed by atoms with Crippen molar-refractivity contribution in [1.29, 1.82) is 0 Å². The number of hydrogen-bond donors (Lipinski definition) is 0. The van der Waals surface area contributed by atoms with E-state index in [4.69, 9.17) is 9.47 Å². The van der Waals surface area contributed by atoms with Crippen molar-refractivity contribution in [3.63, 3.8) is 0 Å². The molecule has 0 bridgehead atoms. The fourth-order valence-electron chi connectivity index (χ4n) is 3.57. The van der Waals surface area contributed by atoms with E-state index in [-0.39, 0.29) is 11.8 Å². The molecule has 2 atom stereocenters. The molecule has 0 aromatic rings. The van der Waals surface area contributed by atoms with Gasteiger partial charge in [-0.05, 0) is 13.8 Å². The highest BCUT2D eigenvalue weighted by Crippen LogP contribution is 2.43. The first-order valence-corrected chi connectivity index (χ1v) is 8.71. The molecule has 2 heterocycles. The molecule has 5 nitrogen and oxygen atoms in total. The molecular weight excluding hydrogens is 373 g/mol. The van der Waals surface area contributed by atoms with Crippen molar-refractivity contribution < 1.29 is 23.5 Å². The van der Waals surface area contributed by atoms with Crippen molar-refractivity contribution in [2.45, 2.75) is 26.3 Å². The molecule has 0 N–H and O–H groups in total. The number of ketones is 1. The molecule has 2 saturated heterocycles. The summed E-state index contributed by atoms with van der Waals surface area (Å²) >= 11 is 2.37. The summed E-state index contributed by atoms with van der Waals surface area (Å²) in [6.45, 7) is 7.43. The molecule has 2 unspecified atom stereocenters. The predicted octanol–water partition coefficient (Wildman–Crippen LogP) is 1.18. The van der Waals surface area contributed by atoms with Crippen LogP contribution in [-0.4, -0.2) is 66.2 Å². The molecule has 0 aromatic carbocycles. The smallest absolute Gasteiger partial charge is 0.325 e. The summed E-state index contributed by atoms with van der Waals surface area (Å²) in [5, 5.41) is 0.